The molecule has 3 rings (SSSR count). The summed E-state index contributed by atoms with van der Waals surface area (Å²) < 4.78 is 8.03. The van der Waals surface area contributed by atoms with E-state index in [9.17, 15) is 4.79 Å². The Hall–Kier alpha value is -1.51. The smallest absolute Gasteiger partial charge is 0.242 e. The van der Waals surface area contributed by atoms with Crippen molar-refractivity contribution in [2.45, 2.75) is 39.3 Å². The van der Waals surface area contributed by atoms with Crippen LogP contribution < -0.4 is 5.32 Å². The van der Waals surface area contributed by atoms with Crippen molar-refractivity contribution >= 4 is 29.5 Å². The molecule has 3 heterocycles. The van der Waals surface area contributed by atoms with Crippen LogP contribution in [0.1, 0.15) is 33.2 Å². The standard InChI is InChI=1S/C17H24N4O2S2/c1-10(2)14-12(6-7-23-14)9-18-16(22)11(3)21-15(19-20-17(21)24)13-5-4-8-25-13/h4-5,8,10-12,14H,6-7,9H2,1-3H3,(H,18,22)(H,20,24)/t11-,12+,14+/m1/s1. The number of H-pyrrole nitrogens is 1. The van der Waals surface area contributed by atoms with E-state index in [0.29, 0.717) is 29.0 Å². The number of aromatic amines is 1. The second kappa shape index (κ2) is 7.80. The third kappa shape index (κ3) is 3.86. The molecule has 0 aliphatic carbocycles. The van der Waals surface area contributed by atoms with Crippen molar-refractivity contribution in [3.05, 3.63) is 22.3 Å². The van der Waals surface area contributed by atoms with Crippen LogP contribution in [0.2, 0.25) is 0 Å². The number of amides is 1. The Morgan fingerprint density at radius 3 is 3.04 bits per heavy atom. The van der Waals surface area contributed by atoms with E-state index in [-0.39, 0.29) is 12.0 Å². The highest BCUT2D eigenvalue weighted by Gasteiger charge is 2.31. The molecular weight excluding hydrogens is 356 g/mol. The summed E-state index contributed by atoms with van der Waals surface area (Å²) in [7, 11) is 0. The number of aromatic nitrogens is 3. The Balaban J connectivity index is 1.69. The SMILES string of the molecule is CC(C)[C@@H]1OCC[C@H]1CNC(=O)[C@@H](C)n1c(-c2cccs2)n[nH]c1=S. The van der Waals surface area contributed by atoms with Gasteiger partial charge in [-0.2, -0.15) is 5.10 Å². The normalized spacial score (nSPS) is 21.6. The number of nitrogens with one attached hydrogen (secondary N) is 2. The lowest BCUT2D eigenvalue weighted by molar-refractivity contribution is -0.124. The van der Waals surface area contributed by atoms with Gasteiger partial charge in [0, 0.05) is 19.1 Å². The maximum Gasteiger partial charge on any atom is 0.242 e. The molecule has 0 spiro atoms. The highest BCUT2D eigenvalue weighted by molar-refractivity contribution is 7.71. The van der Waals surface area contributed by atoms with Gasteiger partial charge < -0.3 is 10.1 Å². The Morgan fingerprint density at radius 1 is 1.56 bits per heavy atom. The Kier molecular flexibility index (Phi) is 5.71. The highest BCUT2D eigenvalue weighted by Crippen LogP contribution is 2.27. The molecule has 6 nitrogen and oxygen atoms in total. The minimum Gasteiger partial charge on any atom is -0.378 e. The van der Waals surface area contributed by atoms with E-state index in [0.717, 1.165) is 17.9 Å². The second-order valence-corrected chi connectivity index (χ2v) is 8.08. The maximum absolute atomic E-state index is 12.7. The topological polar surface area (TPSA) is 71.9 Å². The molecule has 0 radical (unpaired) electrons. The number of carbonyl (C=O) groups is 1. The number of hydrogen-bond donors (Lipinski definition) is 2. The lowest BCUT2D eigenvalue weighted by Gasteiger charge is -2.23. The van der Waals surface area contributed by atoms with E-state index in [1.165, 1.54) is 0 Å². The van der Waals surface area contributed by atoms with Gasteiger partial charge in [-0.25, -0.2) is 0 Å². The van der Waals surface area contributed by atoms with Crippen molar-refractivity contribution in [1.82, 2.24) is 20.1 Å². The van der Waals surface area contributed by atoms with Gasteiger partial charge in [0.05, 0.1) is 11.0 Å². The van der Waals surface area contributed by atoms with Gasteiger partial charge in [0.25, 0.3) is 0 Å². The van der Waals surface area contributed by atoms with Crippen LogP contribution in [0.5, 0.6) is 0 Å². The number of hydrogen-bond acceptors (Lipinski definition) is 5. The Labute approximate surface area is 156 Å². The molecule has 1 aliphatic rings. The lowest BCUT2D eigenvalue weighted by atomic mass is 9.93. The molecule has 0 unspecified atom stereocenters. The summed E-state index contributed by atoms with van der Waals surface area (Å²) in [6.45, 7) is 7.57. The molecule has 25 heavy (non-hydrogen) atoms. The first-order chi connectivity index (χ1) is 12.0. The molecule has 0 aromatic carbocycles. The first-order valence-corrected chi connectivity index (χ1v) is 9.88. The van der Waals surface area contributed by atoms with Crippen molar-refractivity contribution in [2.75, 3.05) is 13.2 Å². The molecule has 3 atom stereocenters. The van der Waals surface area contributed by atoms with Crippen molar-refractivity contribution in [3.63, 3.8) is 0 Å². The molecule has 0 bridgehead atoms. The van der Waals surface area contributed by atoms with Crippen LogP contribution in [0.15, 0.2) is 17.5 Å². The van der Waals surface area contributed by atoms with Gasteiger partial charge in [0.1, 0.15) is 6.04 Å². The summed E-state index contributed by atoms with van der Waals surface area (Å²) in [6.07, 6.45) is 1.21. The molecule has 1 saturated heterocycles. The van der Waals surface area contributed by atoms with Gasteiger partial charge in [-0.1, -0.05) is 19.9 Å². The van der Waals surface area contributed by atoms with Crippen molar-refractivity contribution in [1.29, 1.82) is 0 Å². The maximum atomic E-state index is 12.7. The predicted octanol–water partition coefficient (Wildman–Crippen LogP) is 3.41. The number of carbonyl (C=O) groups excluding carboxylic acids is 1. The molecule has 1 fully saturated rings. The molecule has 0 saturated carbocycles. The molecule has 136 valence electrons. The fourth-order valence-corrected chi connectivity index (χ4v) is 4.35. The van der Waals surface area contributed by atoms with Gasteiger partial charge in [-0.3, -0.25) is 14.5 Å². The van der Waals surface area contributed by atoms with Crippen molar-refractivity contribution in [2.24, 2.45) is 11.8 Å². The Bertz CT molecular complexity index is 766. The summed E-state index contributed by atoms with van der Waals surface area (Å²) in [4.78, 5) is 13.7. The van der Waals surface area contributed by atoms with E-state index in [4.69, 9.17) is 17.0 Å². The monoisotopic (exact) mass is 380 g/mol. The summed E-state index contributed by atoms with van der Waals surface area (Å²) in [5.74, 6) is 1.47. The van der Waals surface area contributed by atoms with E-state index >= 15 is 0 Å². The third-order valence-electron chi connectivity index (χ3n) is 4.67. The van der Waals surface area contributed by atoms with Crippen molar-refractivity contribution in [3.8, 4) is 10.7 Å². The van der Waals surface area contributed by atoms with Crippen LogP contribution in [0.25, 0.3) is 10.7 Å². The highest BCUT2D eigenvalue weighted by atomic mass is 32.1. The molecule has 8 heteroatoms. The Morgan fingerprint density at radius 2 is 2.36 bits per heavy atom. The van der Waals surface area contributed by atoms with Gasteiger partial charge in [0.15, 0.2) is 10.6 Å². The minimum atomic E-state index is -0.428. The summed E-state index contributed by atoms with van der Waals surface area (Å²) in [5, 5.41) is 12.1. The second-order valence-electron chi connectivity index (χ2n) is 6.75. The van der Waals surface area contributed by atoms with Crippen molar-refractivity contribution < 1.29 is 9.53 Å². The largest absolute Gasteiger partial charge is 0.378 e. The van der Waals surface area contributed by atoms with Crippen LogP contribution >= 0.6 is 23.6 Å². The van der Waals surface area contributed by atoms with Crippen LogP contribution in [0.3, 0.4) is 0 Å². The summed E-state index contributed by atoms with van der Waals surface area (Å²) >= 11 is 6.91. The molecule has 2 aromatic heterocycles. The lowest BCUT2D eigenvalue weighted by Crippen LogP contribution is -2.38. The average molecular weight is 381 g/mol. The zero-order chi connectivity index (χ0) is 18.0. The van der Waals surface area contributed by atoms with Gasteiger partial charge >= 0.3 is 0 Å². The zero-order valence-corrected chi connectivity index (χ0v) is 16.3. The summed E-state index contributed by atoms with van der Waals surface area (Å²) in [6, 6.07) is 3.50. The third-order valence-corrected chi connectivity index (χ3v) is 5.83. The fraction of sp³-hybridized carbons (Fsp3) is 0.588. The molecule has 1 aliphatic heterocycles. The zero-order valence-electron chi connectivity index (χ0n) is 14.7. The number of rotatable bonds is 6. The quantitative estimate of drug-likeness (QED) is 0.754. The first-order valence-electron chi connectivity index (χ1n) is 8.59. The average Bonchev–Trinajstić information content (AvgIpc) is 3.31. The van der Waals surface area contributed by atoms with Crippen LogP contribution in [0.4, 0.5) is 0 Å². The van der Waals surface area contributed by atoms with Crippen LogP contribution in [0, 0.1) is 16.6 Å². The first kappa shape index (κ1) is 18.3. The summed E-state index contributed by atoms with van der Waals surface area (Å²) in [5.41, 5.74) is 0. The number of ether oxygens (including phenoxy) is 1. The minimum absolute atomic E-state index is 0.0512. The predicted molar refractivity (Wildman–Crippen MR) is 101 cm³/mol. The van der Waals surface area contributed by atoms with Gasteiger partial charge in [-0.05, 0) is 42.9 Å². The van der Waals surface area contributed by atoms with E-state index in [1.54, 1.807) is 15.9 Å². The number of thiophene rings is 1. The van der Waals surface area contributed by atoms with Gasteiger partial charge in [-0.15, -0.1) is 11.3 Å². The van der Waals surface area contributed by atoms with Crippen LogP contribution in [-0.4, -0.2) is 39.9 Å². The fourth-order valence-electron chi connectivity index (χ4n) is 3.35. The molecule has 2 N–H and O–H groups in total. The molecule has 1 amide bonds. The van der Waals surface area contributed by atoms with Gasteiger partial charge in [0.2, 0.25) is 5.91 Å². The molecule has 2 aromatic rings. The van der Waals surface area contributed by atoms with E-state index in [2.05, 4.69) is 29.4 Å². The molecular formula is C17H24N4O2S2. The number of nitrogens with zero attached hydrogens (tertiary/aromatic N) is 2. The van der Waals surface area contributed by atoms with Crippen LogP contribution in [-0.2, 0) is 9.53 Å². The van der Waals surface area contributed by atoms with E-state index < -0.39 is 6.04 Å². The van der Waals surface area contributed by atoms with E-state index in [1.807, 2.05) is 24.4 Å².